The summed E-state index contributed by atoms with van der Waals surface area (Å²) in [6.07, 6.45) is 8.70. The number of nitrogen functional groups attached to an aromatic ring is 1. The van der Waals surface area contributed by atoms with Crippen molar-refractivity contribution in [1.82, 2.24) is 14.5 Å². The number of hydrogen-bond acceptors (Lipinski definition) is 6. The lowest BCUT2D eigenvalue weighted by molar-refractivity contribution is 0.174. The van der Waals surface area contributed by atoms with Crippen LogP contribution in [0.15, 0.2) is 34.4 Å². The van der Waals surface area contributed by atoms with Crippen molar-refractivity contribution in [3.05, 3.63) is 30.0 Å². The second-order valence-electron chi connectivity index (χ2n) is 5.99. The molecule has 1 aromatic carbocycles. The van der Waals surface area contributed by atoms with Crippen LogP contribution in [0.4, 0.5) is 5.82 Å². The molecule has 0 spiro atoms. The molecule has 2 N–H and O–H groups in total. The van der Waals surface area contributed by atoms with Gasteiger partial charge in [-0.15, -0.1) is 12.3 Å². The number of hydrogen-bond donors (Lipinski definition) is 1. The van der Waals surface area contributed by atoms with Gasteiger partial charge in [0.2, 0.25) is 6.79 Å². The van der Waals surface area contributed by atoms with Crippen molar-refractivity contribution in [2.45, 2.75) is 50.2 Å². The minimum Gasteiger partial charge on any atom is -0.454 e. The third-order valence-corrected chi connectivity index (χ3v) is 5.39. The number of rotatable bonds is 5. The Kier molecular flexibility index (Phi) is 6.32. The number of benzene rings is 1. The molecule has 0 radical (unpaired) electrons. The van der Waals surface area contributed by atoms with Gasteiger partial charge in [0.1, 0.15) is 5.52 Å². The summed E-state index contributed by atoms with van der Waals surface area (Å²) in [5.41, 5.74) is 8.81. The van der Waals surface area contributed by atoms with E-state index in [0.717, 1.165) is 45.6 Å². The van der Waals surface area contributed by atoms with E-state index in [4.69, 9.17) is 26.6 Å². The van der Waals surface area contributed by atoms with Gasteiger partial charge < -0.3 is 19.8 Å². The highest BCUT2D eigenvalue weighted by Crippen LogP contribution is 2.41. The summed E-state index contributed by atoms with van der Waals surface area (Å²) >= 11 is 1.58. The Bertz CT molecular complexity index is 1020. The van der Waals surface area contributed by atoms with Gasteiger partial charge in [-0.1, -0.05) is 25.6 Å². The van der Waals surface area contributed by atoms with Gasteiger partial charge in [-0.05, 0) is 37.1 Å². The van der Waals surface area contributed by atoms with E-state index in [-0.39, 0.29) is 6.79 Å². The lowest BCUT2D eigenvalue weighted by Gasteiger charge is -2.10. The van der Waals surface area contributed by atoms with E-state index in [0.29, 0.717) is 17.8 Å². The number of nitrogens with zero attached hydrogens (tertiary/aromatic N) is 3. The second kappa shape index (κ2) is 8.89. The molecule has 0 amide bonds. The number of anilines is 1. The first-order valence-corrected chi connectivity index (χ1v) is 10.1. The molecule has 7 heteroatoms. The molecule has 0 bridgehead atoms. The fourth-order valence-electron chi connectivity index (χ4n) is 2.92. The first-order chi connectivity index (χ1) is 13.7. The fourth-order valence-corrected chi connectivity index (χ4v) is 3.94. The highest BCUT2D eigenvalue weighted by molar-refractivity contribution is 7.99. The van der Waals surface area contributed by atoms with Crippen molar-refractivity contribution in [3.63, 3.8) is 0 Å². The molecular weight excluding hydrogens is 372 g/mol. The normalized spacial score (nSPS) is 11.8. The number of unbranched alkanes of at least 4 members (excludes halogenated alkanes) is 1. The minimum absolute atomic E-state index is 0.260. The first kappa shape index (κ1) is 19.9. The van der Waals surface area contributed by atoms with Crippen LogP contribution >= 0.6 is 11.8 Å². The second-order valence-corrected chi connectivity index (χ2v) is 7.00. The van der Waals surface area contributed by atoms with E-state index in [9.17, 15) is 0 Å². The molecule has 0 fully saturated rings. The van der Waals surface area contributed by atoms with Gasteiger partial charge in [0.25, 0.3) is 0 Å². The number of fused-ring (bicyclic) bond motifs is 2. The molecule has 0 unspecified atom stereocenters. The molecule has 0 aliphatic carbocycles. The van der Waals surface area contributed by atoms with Crippen molar-refractivity contribution in [2.24, 2.45) is 0 Å². The number of ether oxygens (including phenoxy) is 2. The molecule has 0 saturated carbocycles. The van der Waals surface area contributed by atoms with Gasteiger partial charge in [0, 0.05) is 24.1 Å². The molecule has 28 heavy (non-hydrogen) atoms. The number of aryl methyl sites for hydroxylation is 2. The molecule has 146 valence electrons. The largest absolute Gasteiger partial charge is 0.454 e. The van der Waals surface area contributed by atoms with Gasteiger partial charge in [-0.3, -0.25) is 0 Å². The Hall–Kier alpha value is -2.85. The predicted octanol–water partition coefficient (Wildman–Crippen LogP) is 4.64. The van der Waals surface area contributed by atoms with Crippen LogP contribution < -0.4 is 15.2 Å². The number of pyridine rings is 1. The summed E-state index contributed by atoms with van der Waals surface area (Å²) in [6.45, 7) is 7.08. The van der Waals surface area contributed by atoms with E-state index in [1.165, 1.54) is 0 Å². The van der Waals surface area contributed by atoms with E-state index in [1.807, 2.05) is 39.0 Å². The molecule has 3 aromatic rings. The van der Waals surface area contributed by atoms with Crippen LogP contribution in [0.3, 0.4) is 0 Å². The fraction of sp³-hybridized carbons (Fsp3) is 0.333. The maximum atomic E-state index is 6.03. The zero-order valence-corrected chi connectivity index (χ0v) is 17.2. The summed E-state index contributed by atoms with van der Waals surface area (Å²) in [4.78, 5) is 9.95. The Morgan fingerprint density at radius 1 is 1.29 bits per heavy atom. The predicted molar refractivity (Wildman–Crippen MR) is 113 cm³/mol. The van der Waals surface area contributed by atoms with E-state index >= 15 is 0 Å². The molecule has 3 heterocycles. The topological polar surface area (TPSA) is 75.2 Å². The summed E-state index contributed by atoms with van der Waals surface area (Å²) < 4.78 is 13.1. The molecular formula is C21H24N4O2S. The van der Waals surface area contributed by atoms with Gasteiger partial charge in [-0.2, -0.15) is 0 Å². The number of imidazole rings is 1. The summed E-state index contributed by atoms with van der Waals surface area (Å²) in [6, 6.07) is 5.92. The van der Waals surface area contributed by atoms with Gasteiger partial charge >= 0.3 is 0 Å². The average molecular weight is 397 g/mol. The summed E-state index contributed by atoms with van der Waals surface area (Å²) in [7, 11) is 0. The maximum Gasteiger partial charge on any atom is 0.231 e. The highest BCUT2D eigenvalue weighted by atomic mass is 32.2. The maximum absolute atomic E-state index is 6.03. The van der Waals surface area contributed by atoms with E-state index in [2.05, 4.69) is 15.5 Å². The zero-order chi connectivity index (χ0) is 20.1. The lowest BCUT2D eigenvalue weighted by Crippen LogP contribution is -2.00. The first-order valence-electron chi connectivity index (χ1n) is 9.29. The third kappa shape index (κ3) is 3.87. The SMILES string of the molecule is C#CCCCn1c(Sc2cc3c(cc2C)OCO3)nc2c(N)nccc21.CC. The van der Waals surface area contributed by atoms with Crippen LogP contribution in [0, 0.1) is 19.3 Å². The smallest absolute Gasteiger partial charge is 0.231 e. The number of aromatic nitrogens is 3. The van der Waals surface area contributed by atoms with Crippen LogP contribution in [0.5, 0.6) is 11.5 Å². The van der Waals surface area contributed by atoms with Crippen molar-refractivity contribution in [2.75, 3.05) is 12.5 Å². The van der Waals surface area contributed by atoms with E-state index in [1.54, 1.807) is 18.0 Å². The third-order valence-electron chi connectivity index (χ3n) is 4.23. The molecule has 1 aliphatic rings. The Balaban J connectivity index is 0.00000109. The molecule has 1 aliphatic heterocycles. The molecule has 2 aromatic heterocycles. The van der Waals surface area contributed by atoms with Gasteiger partial charge in [-0.25, -0.2) is 9.97 Å². The van der Waals surface area contributed by atoms with Crippen molar-refractivity contribution < 1.29 is 9.47 Å². The molecule has 0 saturated heterocycles. The molecule has 4 rings (SSSR count). The minimum atomic E-state index is 0.260. The Labute approximate surface area is 169 Å². The summed E-state index contributed by atoms with van der Waals surface area (Å²) in [5, 5.41) is 0.860. The lowest BCUT2D eigenvalue weighted by atomic mass is 10.2. The van der Waals surface area contributed by atoms with Gasteiger partial charge in [0.05, 0.1) is 5.52 Å². The van der Waals surface area contributed by atoms with Crippen LogP contribution in [-0.2, 0) is 6.54 Å². The monoisotopic (exact) mass is 396 g/mol. The molecule has 0 atom stereocenters. The van der Waals surface area contributed by atoms with Crippen LogP contribution in [0.1, 0.15) is 32.3 Å². The summed E-state index contributed by atoms with van der Waals surface area (Å²) in [5.74, 6) is 4.66. The van der Waals surface area contributed by atoms with Crippen LogP contribution in [0.2, 0.25) is 0 Å². The van der Waals surface area contributed by atoms with Gasteiger partial charge in [0.15, 0.2) is 22.5 Å². The number of nitrogens with two attached hydrogens (primary N) is 1. The Morgan fingerprint density at radius 3 is 2.79 bits per heavy atom. The zero-order valence-electron chi connectivity index (χ0n) is 16.4. The van der Waals surface area contributed by atoms with E-state index < -0.39 is 0 Å². The highest BCUT2D eigenvalue weighted by Gasteiger charge is 2.19. The Morgan fingerprint density at radius 2 is 2.04 bits per heavy atom. The number of terminal acetylenes is 1. The standard InChI is InChI=1S/C19H18N4O2S.C2H6/c1-3-4-5-8-23-13-6-7-21-18(20)17(13)22-19(23)26-16-10-15-14(9-12(16)2)24-11-25-15;1-2/h1,6-7,9-10H,4-5,8,11H2,2H3,(H2,20,21);1-2H3. The van der Waals surface area contributed by atoms with Crippen molar-refractivity contribution >= 4 is 28.6 Å². The van der Waals surface area contributed by atoms with Crippen LogP contribution in [0.25, 0.3) is 11.0 Å². The average Bonchev–Trinajstić information content (AvgIpc) is 3.29. The van der Waals surface area contributed by atoms with Crippen molar-refractivity contribution in [3.8, 4) is 23.8 Å². The molecule has 6 nitrogen and oxygen atoms in total. The quantitative estimate of drug-likeness (QED) is 0.500. The van der Waals surface area contributed by atoms with Crippen molar-refractivity contribution in [1.29, 1.82) is 0 Å². The van der Waals surface area contributed by atoms with Crippen LogP contribution in [-0.4, -0.2) is 21.3 Å².